The van der Waals surface area contributed by atoms with E-state index in [1.165, 1.54) is 66.0 Å². The number of benzene rings is 11. The molecule has 13 aromatic rings. The first-order chi connectivity index (χ1) is 36.5. The molecule has 3 nitrogen and oxygen atoms in total. The molecule has 0 saturated carbocycles. The van der Waals surface area contributed by atoms with Crippen molar-refractivity contribution in [3.05, 3.63) is 254 Å². The number of nitrogens with zero attached hydrogens (tertiary/aromatic N) is 2. The first-order valence-electron chi connectivity index (χ1n) is 26.2. The van der Waals surface area contributed by atoms with Crippen LogP contribution in [0.5, 0.6) is 0 Å². The van der Waals surface area contributed by atoms with Gasteiger partial charge in [0.25, 0.3) is 0 Å². The van der Waals surface area contributed by atoms with Crippen molar-refractivity contribution in [2.24, 2.45) is 0 Å². The van der Waals surface area contributed by atoms with Gasteiger partial charge in [0.15, 0.2) is 0 Å². The van der Waals surface area contributed by atoms with Crippen molar-refractivity contribution in [3.8, 4) is 50.2 Å². The van der Waals surface area contributed by atoms with E-state index >= 15 is 0 Å². The Labute approximate surface area is 439 Å². The SMILES string of the molecule is CC(C)(C)c1cc(-c2cccc3cccc(-c4ccccc4N(c4ccc(-c5cccc6c5c5ccccc5n6-c5ccccc5)cc4)c4ccccc4-c4cccc5oc6ccccc6c45)c23)cc(C(C)(C)C)c1. The number of anilines is 3. The first-order valence-corrected chi connectivity index (χ1v) is 26.2. The fraction of sp³-hybridized carbons (Fsp3) is 0.111. The molecule has 0 amide bonds. The van der Waals surface area contributed by atoms with Crippen molar-refractivity contribution in [3.63, 3.8) is 0 Å². The van der Waals surface area contributed by atoms with Gasteiger partial charge in [0.1, 0.15) is 11.2 Å². The van der Waals surface area contributed by atoms with Gasteiger partial charge in [0.2, 0.25) is 0 Å². The van der Waals surface area contributed by atoms with Crippen LogP contribution in [0.3, 0.4) is 0 Å². The molecule has 75 heavy (non-hydrogen) atoms. The fourth-order valence-electron chi connectivity index (χ4n) is 11.6. The van der Waals surface area contributed by atoms with Gasteiger partial charge in [-0.15, -0.1) is 0 Å². The lowest BCUT2D eigenvalue weighted by molar-refractivity contribution is 0.569. The standard InChI is InChI=1S/C72H58N2O/c1-71(2,3)50-44-49(45-51(46-50)72(4,5)6)55-30-18-22-48-23-19-32-58(68(48)55)56-26-10-14-34-62(56)73(63-35-15-11-27-57(63)59-33-21-39-67-70(59)61-29-13-17-38-66(61)75-67)53-42-40-47(41-43-53)54-31-20-37-65-69(54)60-28-12-16-36-64(60)74(65)52-24-8-7-9-25-52/h7-46H,1-6H3. The van der Waals surface area contributed by atoms with Gasteiger partial charge in [-0.1, -0.05) is 224 Å². The van der Waals surface area contributed by atoms with Crippen LogP contribution in [0.2, 0.25) is 0 Å². The number of fused-ring (bicyclic) bond motifs is 7. The molecule has 0 spiro atoms. The molecule has 0 bridgehead atoms. The smallest absolute Gasteiger partial charge is 0.136 e. The monoisotopic (exact) mass is 966 g/mol. The topological polar surface area (TPSA) is 21.3 Å². The molecular weight excluding hydrogens is 909 g/mol. The summed E-state index contributed by atoms with van der Waals surface area (Å²) in [6.07, 6.45) is 0. The quantitative estimate of drug-likeness (QED) is 0.151. The van der Waals surface area contributed by atoms with E-state index in [4.69, 9.17) is 4.42 Å². The van der Waals surface area contributed by atoms with Crippen LogP contribution >= 0.6 is 0 Å². The average Bonchev–Trinajstić information content (AvgIpc) is 4.00. The van der Waals surface area contributed by atoms with Crippen LogP contribution < -0.4 is 4.90 Å². The predicted octanol–water partition coefficient (Wildman–Crippen LogP) is 20.6. The maximum Gasteiger partial charge on any atom is 0.136 e. The van der Waals surface area contributed by atoms with Crippen molar-refractivity contribution < 1.29 is 4.42 Å². The average molecular weight is 967 g/mol. The summed E-state index contributed by atoms with van der Waals surface area (Å²) in [7, 11) is 0. The summed E-state index contributed by atoms with van der Waals surface area (Å²) in [6.45, 7) is 13.9. The first kappa shape index (κ1) is 45.9. The highest BCUT2D eigenvalue weighted by atomic mass is 16.3. The van der Waals surface area contributed by atoms with E-state index in [1.807, 2.05) is 6.07 Å². The Morgan fingerprint density at radius 1 is 0.347 bits per heavy atom. The summed E-state index contributed by atoms with van der Waals surface area (Å²) in [5.41, 5.74) is 20.5. The van der Waals surface area contributed by atoms with Crippen molar-refractivity contribution in [2.45, 2.75) is 52.4 Å². The van der Waals surface area contributed by atoms with Crippen LogP contribution in [0.15, 0.2) is 247 Å². The number of furan rings is 1. The highest BCUT2D eigenvalue weighted by molar-refractivity contribution is 6.17. The van der Waals surface area contributed by atoms with Crippen LogP contribution in [0.1, 0.15) is 52.7 Å². The third kappa shape index (κ3) is 7.90. The zero-order chi connectivity index (χ0) is 51.0. The molecule has 13 rings (SSSR count). The number of aromatic nitrogens is 1. The maximum absolute atomic E-state index is 6.53. The molecule has 0 unspecified atom stereocenters. The van der Waals surface area contributed by atoms with E-state index in [9.17, 15) is 0 Å². The van der Waals surface area contributed by atoms with Crippen molar-refractivity contribution >= 4 is 71.6 Å². The van der Waals surface area contributed by atoms with Gasteiger partial charge in [-0.3, -0.25) is 0 Å². The van der Waals surface area contributed by atoms with Crippen LogP contribution in [-0.4, -0.2) is 4.57 Å². The van der Waals surface area contributed by atoms with Crippen molar-refractivity contribution in [1.29, 1.82) is 0 Å². The van der Waals surface area contributed by atoms with E-state index in [0.29, 0.717) is 0 Å². The molecule has 11 aromatic carbocycles. The Bertz CT molecular complexity index is 4270. The lowest BCUT2D eigenvalue weighted by atomic mass is 9.78. The number of para-hydroxylation sites is 5. The largest absolute Gasteiger partial charge is 0.456 e. The summed E-state index contributed by atoms with van der Waals surface area (Å²) in [5, 5.41) is 7.13. The summed E-state index contributed by atoms with van der Waals surface area (Å²) < 4.78 is 8.92. The molecule has 0 fully saturated rings. The molecule has 0 radical (unpaired) electrons. The van der Waals surface area contributed by atoms with Crippen molar-refractivity contribution in [2.75, 3.05) is 4.90 Å². The zero-order valence-electron chi connectivity index (χ0n) is 43.4. The number of hydrogen-bond donors (Lipinski definition) is 0. The van der Waals surface area contributed by atoms with Gasteiger partial charge >= 0.3 is 0 Å². The minimum atomic E-state index is -0.0277. The summed E-state index contributed by atoms with van der Waals surface area (Å²) in [4.78, 5) is 2.48. The molecular formula is C72H58N2O. The van der Waals surface area contributed by atoms with Crippen LogP contribution in [-0.2, 0) is 10.8 Å². The van der Waals surface area contributed by atoms with Gasteiger partial charge in [0.05, 0.1) is 22.4 Å². The minimum Gasteiger partial charge on any atom is -0.456 e. The van der Waals surface area contributed by atoms with Crippen molar-refractivity contribution in [1.82, 2.24) is 4.57 Å². The number of rotatable bonds is 8. The second-order valence-electron chi connectivity index (χ2n) is 22.1. The predicted molar refractivity (Wildman–Crippen MR) is 319 cm³/mol. The molecule has 0 aliphatic rings. The molecule has 362 valence electrons. The zero-order valence-corrected chi connectivity index (χ0v) is 43.4. The van der Waals surface area contributed by atoms with E-state index in [-0.39, 0.29) is 10.8 Å². The van der Waals surface area contributed by atoms with Crippen LogP contribution in [0, 0.1) is 0 Å². The molecule has 0 aliphatic heterocycles. The third-order valence-electron chi connectivity index (χ3n) is 15.3. The molecule has 2 aromatic heterocycles. The lowest BCUT2D eigenvalue weighted by Crippen LogP contribution is -2.16. The van der Waals surface area contributed by atoms with Gasteiger partial charge in [-0.25, -0.2) is 0 Å². The Morgan fingerprint density at radius 2 is 0.840 bits per heavy atom. The highest BCUT2D eigenvalue weighted by Crippen LogP contribution is 2.50. The summed E-state index contributed by atoms with van der Waals surface area (Å²) in [6, 6.07) is 89.1. The van der Waals surface area contributed by atoms with Crippen LogP contribution in [0.25, 0.3) is 105 Å². The second-order valence-corrected chi connectivity index (χ2v) is 22.1. The molecule has 0 atom stereocenters. The van der Waals surface area contributed by atoms with Gasteiger partial charge in [0, 0.05) is 44.0 Å². The third-order valence-corrected chi connectivity index (χ3v) is 15.3. The second kappa shape index (κ2) is 17.9. The Morgan fingerprint density at radius 3 is 1.51 bits per heavy atom. The minimum absolute atomic E-state index is 0.0277. The van der Waals surface area contributed by atoms with E-state index in [2.05, 4.69) is 288 Å². The molecule has 0 N–H and O–H groups in total. The van der Waals surface area contributed by atoms with E-state index in [1.54, 1.807) is 0 Å². The summed E-state index contributed by atoms with van der Waals surface area (Å²) in [5.74, 6) is 0. The Hall–Kier alpha value is -8.92. The fourth-order valence-corrected chi connectivity index (χ4v) is 11.6. The van der Waals surface area contributed by atoms with Crippen LogP contribution in [0.4, 0.5) is 17.1 Å². The Kier molecular flexibility index (Phi) is 11.0. The molecule has 0 saturated heterocycles. The van der Waals surface area contributed by atoms with E-state index in [0.717, 1.165) is 66.9 Å². The maximum atomic E-state index is 6.53. The van der Waals surface area contributed by atoms with Gasteiger partial charge in [-0.05, 0) is 127 Å². The number of hydrogen-bond acceptors (Lipinski definition) is 2. The molecule has 2 heterocycles. The highest BCUT2D eigenvalue weighted by Gasteiger charge is 2.26. The van der Waals surface area contributed by atoms with Gasteiger partial charge in [-0.2, -0.15) is 0 Å². The van der Waals surface area contributed by atoms with E-state index < -0.39 is 0 Å². The normalized spacial score (nSPS) is 12.1. The molecule has 0 aliphatic carbocycles. The summed E-state index contributed by atoms with van der Waals surface area (Å²) >= 11 is 0. The van der Waals surface area contributed by atoms with Gasteiger partial charge < -0.3 is 13.9 Å². The lowest BCUT2D eigenvalue weighted by Gasteiger charge is -2.30. The molecule has 3 heteroatoms. The Balaban J connectivity index is 1.04.